The van der Waals surface area contributed by atoms with Gasteiger partial charge >= 0.3 is 5.97 Å². The van der Waals surface area contributed by atoms with E-state index in [1.807, 2.05) is 0 Å². The van der Waals surface area contributed by atoms with E-state index in [9.17, 15) is 4.79 Å². The summed E-state index contributed by atoms with van der Waals surface area (Å²) in [6.07, 6.45) is 0. The number of alkyl halides is 1. The molecule has 0 saturated carbocycles. The number of hydrogen-bond donors (Lipinski definition) is 1. The Balaban J connectivity index is 3.17. The summed E-state index contributed by atoms with van der Waals surface area (Å²) < 4.78 is 4.61. The predicted molar refractivity (Wildman–Crippen MR) is 40.1 cm³/mol. The molecule has 0 rings (SSSR count). The van der Waals surface area contributed by atoms with Gasteiger partial charge in [0.25, 0.3) is 0 Å². The van der Waals surface area contributed by atoms with Crippen LogP contribution in [0.25, 0.3) is 0 Å². The van der Waals surface area contributed by atoms with Crippen molar-refractivity contribution < 1.29 is 9.53 Å². The molecular weight excluding hydrogens is 160 g/mol. The lowest BCUT2D eigenvalue weighted by atomic mass is 10.5. The molecule has 0 aliphatic heterocycles. The summed E-state index contributed by atoms with van der Waals surface area (Å²) in [4.78, 5) is 10.4. The van der Waals surface area contributed by atoms with Gasteiger partial charge in [-0.2, -0.15) is 12.6 Å². The number of rotatable bonds is 3. The van der Waals surface area contributed by atoms with Gasteiger partial charge < -0.3 is 4.74 Å². The second-order valence-electron chi connectivity index (χ2n) is 1.62. The first kappa shape index (κ1) is 9.11. The van der Waals surface area contributed by atoms with E-state index in [2.05, 4.69) is 17.4 Å². The van der Waals surface area contributed by atoms with E-state index < -0.39 is 0 Å². The Morgan fingerprint density at radius 3 is 2.78 bits per heavy atom. The van der Waals surface area contributed by atoms with Crippen LogP contribution in [0.3, 0.4) is 0 Å². The van der Waals surface area contributed by atoms with Crippen molar-refractivity contribution in [2.24, 2.45) is 0 Å². The van der Waals surface area contributed by atoms with Crippen LogP contribution in [-0.4, -0.2) is 23.7 Å². The minimum atomic E-state index is -0.328. The van der Waals surface area contributed by atoms with Crippen molar-refractivity contribution in [3.05, 3.63) is 0 Å². The van der Waals surface area contributed by atoms with Gasteiger partial charge in [0.15, 0.2) is 0 Å². The van der Waals surface area contributed by atoms with Crippen molar-refractivity contribution >= 4 is 30.2 Å². The molecule has 2 nitrogen and oxygen atoms in total. The molecule has 1 unspecified atom stereocenters. The van der Waals surface area contributed by atoms with E-state index in [1.54, 1.807) is 6.92 Å². The summed E-state index contributed by atoms with van der Waals surface area (Å²) in [5.41, 5.74) is 0. The van der Waals surface area contributed by atoms with Gasteiger partial charge in [0, 0.05) is 0 Å². The Morgan fingerprint density at radius 1 is 1.89 bits per heavy atom. The van der Waals surface area contributed by atoms with E-state index in [0.29, 0.717) is 0 Å². The van der Waals surface area contributed by atoms with Gasteiger partial charge in [-0.1, -0.05) is 0 Å². The van der Waals surface area contributed by atoms with Crippen LogP contribution in [-0.2, 0) is 9.53 Å². The maximum absolute atomic E-state index is 10.4. The van der Waals surface area contributed by atoms with Crippen LogP contribution in [0.2, 0.25) is 0 Å². The smallest absolute Gasteiger partial charge is 0.315 e. The zero-order chi connectivity index (χ0) is 7.28. The SMILES string of the molecule is CC(Cl)COC(=O)CS. The number of ether oxygens (including phenoxy) is 1. The number of carbonyl (C=O) groups excluding carboxylic acids is 1. The second-order valence-corrected chi connectivity index (χ2v) is 2.68. The number of hydrogen-bond acceptors (Lipinski definition) is 3. The van der Waals surface area contributed by atoms with E-state index in [0.717, 1.165) is 0 Å². The van der Waals surface area contributed by atoms with Crippen LogP contribution >= 0.6 is 24.2 Å². The van der Waals surface area contributed by atoms with Crippen LogP contribution in [0.1, 0.15) is 6.92 Å². The van der Waals surface area contributed by atoms with Gasteiger partial charge in [-0.25, -0.2) is 0 Å². The average Bonchev–Trinajstić information content (AvgIpc) is 1.83. The highest BCUT2D eigenvalue weighted by atomic mass is 35.5. The molecule has 0 aromatic carbocycles. The topological polar surface area (TPSA) is 26.3 Å². The Bertz CT molecular complexity index is 95.0. The molecule has 54 valence electrons. The summed E-state index contributed by atoms with van der Waals surface area (Å²) in [5.74, 6) is -0.213. The van der Waals surface area contributed by atoms with Crippen molar-refractivity contribution in [1.82, 2.24) is 0 Å². The third-order valence-corrected chi connectivity index (χ3v) is 0.987. The van der Waals surface area contributed by atoms with Crippen molar-refractivity contribution in [2.75, 3.05) is 12.4 Å². The summed E-state index contributed by atoms with van der Waals surface area (Å²) in [6.45, 7) is 2.02. The monoisotopic (exact) mass is 168 g/mol. The van der Waals surface area contributed by atoms with E-state index in [-0.39, 0.29) is 23.7 Å². The lowest BCUT2D eigenvalue weighted by molar-refractivity contribution is -0.140. The molecule has 0 aromatic heterocycles. The highest BCUT2D eigenvalue weighted by Gasteiger charge is 2.00. The first-order valence-corrected chi connectivity index (χ1v) is 3.64. The normalized spacial score (nSPS) is 12.8. The fraction of sp³-hybridized carbons (Fsp3) is 0.800. The third-order valence-electron chi connectivity index (χ3n) is 0.603. The highest BCUT2D eigenvalue weighted by Crippen LogP contribution is 1.94. The zero-order valence-corrected chi connectivity index (χ0v) is 6.78. The molecule has 0 bridgehead atoms. The quantitative estimate of drug-likeness (QED) is 0.388. The predicted octanol–water partition coefficient (Wildman–Crippen LogP) is 1.09. The van der Waals surface area contributed by atoms with Gasteiger partial charge in [-0.3, -0.25) is 4.79 Å². The van der Waals surface area contributed by atoms with E-state index >= 15 is 0 Å². The summed E-state index contributed by atoms with van der Waals surface area (Å²) in [5, 5.41) is -0.117. The maximum atomic E-state index is 10.4. The molecule has 0 fully saturated rings. The number of thiol groups is 1. The van der Waals surface area contributed by atoms with Gasteiger partial charge in [0.2, 0.25) is 0 Å². The number of esters is 1. The minimum Gasteiger partial charge on any atom is -0.464 e. The van der Waals surface area contributed by atoms with Crippen molar-refractivity contribution in [2.45, 2.75) is 12.3 Å². The van der Waals surface area contributed by atoms with E-state index in [1.165, 1.54) is 0 Å². The average molecular weight is 169 g/mol. The molecule has 0 amide bonds. The highest BCUT2D eigenvalue weighted by molar-refractivity contribution is 7.81. The summed E-state index contributed by atoms with van der Waals surface area (Å²) >= 11 is 9.18. The molecule has 0 heterocycles. The van der Waals surface area contributed by atoms with Crippen molar-refractivity contribution in [1.29, 1.82) is 0 Å². The van der Waals surface area contributed by atoms with Crippen LogP contribution in [0.5, 0.6) is 0 Å². The molecule has 0 radical (unpaired) electrons. The van der Waals surface area contributed by atoms with E-state index in [4.69, 9.17) is 11.6 Å². The number of carbonyl (C=O) groups is 1. The fourth-order valence-corrected chi connectivity index (χ4v) is 0.408. The molecule has 0 aliphatic carbocycles. The molecule has 0 N–H and O–H groups in total. The van der Waals surface area contributed by atoms with Crippen molar-refractivity contribution in [3.8, 4) is 0 Å². The van der Waals surface area contributed by atoms with Gasteiger partial charge in [-0.15, -0.1) is 11.6 Å². The summed E-state index contributed by atoms with van der Waals surface area (Å²) in [7, 11) is 0. The van der Waals surface area contributed by atoms with Crippen LogP contribution in [0, 0.1) is 0 Å². The third kappa shape index (κ3) is 5.99. The first-order valence-electron chi connectivity index (χ1n) is 2.57. The van der Waals surface area contributed by atoms with Crippen molar-refractivity contribution in [3.63, 3.8) is 0 Å². The Kier molecular flexibility index (Phi) is 5.00. The molecular formula is C5H9ClO2S. The lowest BCUT2D eigenvalue weighted by Gasteiger charge is -2.02. The molecule has 9 heavy (non-hydrogen) atoms. The molecule has 0 aromatic rings. The maximum Gasteiger partial charge on any atom is 0.315 e. The van der Waals surface area contributed by atoms with Crippen LogP contribution in [0.4, 0.5) is 0 Å². The number of halogens is 1. The van der Waals surface area contributed by atoms with Gasteiger partial charge in [0.1, 0.15) is 6.61 Å². The Morgan fingerprint density at radius 2 is 2.44 bits per heavy atom. The van der Waals surface area contributed by atoms with Crippen LogP contribution < -0.4 is 0 Å². The Hall–Kier alpha value is 0.110. The fourth-order valence-electron chi connectivity index (χ4n) is 0.253. The largest absolute Gasteiger partial charge is 0.464 e. The first-order chi connectivity index (χ1) is 4.16. The summed E-state index contributed by atoms with van der Waals surface area (Å²) in [6, 6.07) is 0. The molecule has 1 atom stereocenters. The molecule has 4 heteroatoms. The second kappa shape index (κ2) is 4.94. The molecule has 0 spiro atoms. The van der Waals surface area contributed by atoms with Gasteiger partial charge in [0.05, 0.1) is 11.1 Å². The molecule has 0 aliphatic rings. The lowest BCUT2D eigenvalue weighted by Crippen LogP contribution is -2.12. The zero-order valence-electron chi connectivity index (χ0n) is 5.13. The standard InChI is InChI=1S/C5H9ClO2S/c1-4(6)2-8-5(7)3-9/h4,9H,2-3H2,1H3. The van der Waals surface area contributed by atoms with Crippen LogP contribution in [0.15, 0.2) is 0 Å². The minimum absolute atomic E-state index is 0.115. The van der Waals surface area contributed by atoms with Gasteiger partial charge in [-0.05, 0) is 6.92 Å². The molecule has 0 saturated heterocycles. The Labute approximate surface area is 64.9 Å².